The van der Waals surface area contributed by atoms with Crippen molar-refractivity contribution in [2.24, 2.45) is 0 Å². The van der Waals surface area contributed by atoms with Crippen molar-refractivity contribution in [3.63, 3.8) is 0 Å². The molecule has 2 amide bonds. The number of hydrogen-bond donors (Lipinski definition) is 4. The molecule has 3 aliphatic rings. The molecule has 15 heteroatoms. The van der Waals surface area contributed by atoms with Crippen molar-refractivity contribution in [3.05, 3.63) is 96.1 Å². The first-order chi connectivity index (χ1) is 29.4. The minimum atomic E-state index is -0.803. The molecule has 1 saturated carbocycles. The van der Waals surface area contributed by atoms with Gasteiger partial charge in [0.2, 0.25) is 5.91 Å². The van der Waals surface area contributed by atoms with E-state index >= 15 is 4.39 Å². The van der Waals surface area contributed by atoms with Crippen molar-refractivity contribution in [1.82, 2.24) is 50.2 Å². The number of allylic oxidation sites excluding steroid dienone is 1. The summed E-state index contributed by atoms with van der Waals surface area (Å²) in [5.41, 5.74) is 4.05. The summed E-state index contributed by atoms with van der Waals surface area (Å²) < 4.78 is 18.7. The summed E-state index contributed by atoms with van der Waals surface area (Å²) in [5, 5.41) is 28.5. The van der Waals surface area contributed by atoms with Crippen LogP contribution in [0.4, 0.5) is 10.1 Å². The van der Waals surface area contributed by atoms with Crippen LogP contribution in [0.1, 0.15) is 111 Å². The molecule has 4 aromatic heterocycles. The van der Waals surface area contributed by atoms with Crippen molar-refractivity contribution in [2.45, 2.75) is 102 Å². The molecule has 1 aliphatic carbocycles. The Kier molecular flexibility index (Phi) is 15.6. The van der Waals surface area contributed by atoms with Gasteiger partial charge in [-0.25, -0.2) is 13.9 Å². The van der Waals surface area contributed by atoms with Crippen molar-refractivity contribution in [1.29, 1.82) is 0 Å². The Morgan fingerprint density at radius 3 is 2.44 bits per heavy atom. The Hall–Kier alpha value is -5.25. The first kappa shape index (κ1) is 45.3. The zero-order chi connectivity index (χ0) is 43.5. The Balaban J connectivity index is 0.000000166. The van der Waals surface area contributed by atoms with Gasteiger partial charge in [0.05, 0.1) is 46.3 Å². The number of likely N-dealkylation sites (N-methyl/N-ethyl adjacent to an activating group) is 1. The van der Waals surface area contributed by atoms with E-state index in [0.717, 1.165) is 74.6 Å². The molecule has 1 unspecified atom stereocenters. The van der Waals surface area contributed by atoms with Crippen molar-refractivity contribution < 1.29 is 19.1 Å². The Bertz CT molecular complexity index is 2230. The predicted molar refractivity (Wildman–Crippen MR) is 238 cm³/mol. The quantitative estimate of drug-likeness (QED) is 0.122. The van der Waals surface area contributed by atoms with Crippen LogP contribution in [0.15, 0.2) is 67.8 Å². The fourth-order valence-corrected chi connectivity index (χ4v) is 8.59. The van der Waals surface area contributed by atoms with Crippen LogP contribution in [0.5, 0.6) is 0 Å². The number of rotatable bonds is 10. The topological polar surface area (TPSA) is 158 Å². The number of fused-ring (bicyclic) bond motifs is 2. The summed E-state index contributed by atoms with van der Waals surface area (Å²) >= 11 is 0. The molecular formula is C46H64FN11O3. The van der Waals surface area contributed by atoms with Crippen molar-refractivity contribution >= 4 is 34.1 Å². The SMILES string of the molecule is C=CCCC(C(=O)NC)c1nc(C)c(N2CCC(N3CCNCC3)CC2)cc1F.CC(C)(O)c1ccc2cn(C3CCCCC3)nc2c1.CNC(=O)c1cnn2cccnc12. The van der Waals surface area contributed by atoms with Crippen LogP contribution in [0.3, 0.4) is 0 Å². The number of hydrogen-bond acceptors (Lipinski definition) is 10. The number of halogens is 1. The van der Waals surface area contributed by atoms with Crippen LogP contribution in [-0.2, 0) is 10.4 Å². The number of piperidine rings is 1. The monoisotopic (exact) mass is 838 g/mol. The van der Waals surface area contributed by atoms with E-state index in [-0.39, 0.29) is 17.5 Å². The van der Waals surface area contributed by atoms with E-state index in [1.807, 2.05) is 32.9 Å². The molecule has 0 spiro atoms. The molecule has 0 radical (unpaired) electrons. The van der Waals surface area contributed by atoms with Gasteiger partial charge >= 0.3 is 0 Å². The van der Waals surface area contributed by atoms with Crippen LogP contribution in [0.25, 0.3) is 16.6 Å². The number of aliphatic hydroxyl groups is 1. The summed E-state index contributed by atoms with van der Waals surface area (Å²) in [4.78, 5) is 37.0. The summed E-state index contributed by atoms with van der Waals surface area (Å²) in [6, 6.07) is 10.6. The highest BCUT2D eigenvalue weighted by Gasteiger charge is 2.29. The molecule has 1 aromatic carbocycles. The Morgan fingerprint density at radius 1 is 1.03 bits per heavy atom. The second-order valence-corrected chi connectivity index (χ2v) is 16.8. The highest BCUT2D eigenvalue weighted by molar-refractivity contribution is 5.99. The molecule has 2 saturated heterocycles. The first-order valence-electron chi connectivity index (χ1n) is 21.8. The van der Waals surface area contributed by atoms with E-state index in [1.54, 1.807) is 49.2 Å². The Morgan fingerprint density at radius 2 is 1.77 bits per heavy atom. The molecule has 0 bridgehead atoms. The van der Waals surface area contributed by atoms with Crippen molar-refractivity contribution in [3.8, 4) is 0 Å². The van der Waals surface area contributed by atoms with E-state index in [2.05, 4.69) is 64.3 Å². The molecule has 2 aliphatic heterocycles. The standard InChI is InChI=1S/C22H34FN5O.C16H22N2O.C8H8N4O/c1-4-5-6-18(22(29)24-3)21-19(23)15-20(16(2)26-21)28-11-7-17(8-12-28)27-13-9-25-10-14-27;1-16(2,19)13-9-8-12-11-18(17-15(12)10-13)14-6-4-3-5-7-14;1-9-8(13)6-5-11-12-4-2-3-10-7(6)12/h4,15,17-18,25H,1,5-14H2,2-3H3,(H,24,29);8-11,14,19H,3-7H2,1-2H3;2-5H,1H3,(H,9,13). The normalized spacial score (nSPS) is 17.2. The maximum atomic E-state index is 15.0. The highest BCUT2D eigenvalue weighted by Crippen LogP contribution is 2.32. The van der Waals surface area contributed by atoms with Gasteiger partial charge in [-0.3, -0.25) is 24.2 Å². The van der Waals surface area contributed by atoms with Crippen molar-refractivity contribution in [2.75, 3.05) is 58.3 Å². The van der Waals surface area contributed by atoms with E-state index in [9.17, 15) is 14.7 Å². The van der Waals surface area contributed by atoms with Gasteiger partial charge < -0.3 is 26.0 Å². The molecule has 3 fully saturated rings. The van der Waals surface area contributed by atoms with Crippen LogP contribution in [-0.4, -0.2) is 111 Å². The average Bonchev–Trinajstić information content (AvgIpc) is 3.93. The zero-order valence-corrected chi connectivity index (χ0v) is 36.5. The summed E-state index contributed by atoms with van der Waals surface area (Å²) in [7, 11) is 3.15. The number of nitrogens with zero attached hydrogens (tertiary/aromatic N) is 8. The summed E-state index contributed by atoms with van der Waals surface area (Å²) in [5.74, 6) is -1.37. The van der Waals surface area contributed by atoms with Crippen LogP contribution < -0.4 is 20.9 Å². The minimum Gasteiger partial charge on any atom is -0.386 e. The third-order valence-electron chi connectivity index (χ3n) is 12.1. The lowest BCUT2D eigenvalue weighted by atomic mass is 9.96. The van der Waals surface area contributed by atoms with Gasteiger partial charge in [0.25, 0.3) is 5.91 Å². The first-order valence-corrected chi connectivity index (χ1v) is 21.8. The number of aryl methyl sites for hydroxylation is 1. The van der Waals surface area contributed by atoms with E-state index in [1.165, 1.54) is 43.7 Å². The molecule has 328 valence electrons. The molecule has 1 atom stereocenters. The lowest BCUT2D eigenvalue weighted by molar-refractivity contribution is -0.122. The number of amides is 2. The van der Waals surface area contributed by atoms with Gasteiger partial charge in [-0.1, -0.05) is 37.5 Å². The highest BCUT2D eigenvalue weighted by atomic mass is 19.1. The second-order valence-electron chi connectivity index (χ2n) is 16.8. The molecular weight excluding hydrogens is 774 g/mol. The molecule has 4 N–H and O–H groups in total. The number of carbonyl (C=O) groups excluding carboxylic acids is 2. The summed E-state index contributed by atoms with van der Waals surface area (Å²) in [6.07, 6.45) is 18.6. The average molecular weight is 838 g/mol. The number of pyridine rings is 1. The van der Waals surface area contributed by atoms with Crippen LogP contribution >= 0.6 is 0 Å². The van der Waals surface area contributed by atoms with E-state index in [4.69, 9.17) is 5.10 Å². The van der Waals surface area contributed by atoms with Gasteiger partial charge in [-0.15, -0.1) is 6.58 Å². The number of benzene rings is 1. The second kappa shape index (κ2) is 21.0. The lowest BCUT2D eigenvalue weighted by Crippen LogP contribution is -2.52. The molecule has 61 heavy (non-hydrogen) atoms. The maximum absolute atomic E-state index is 15.0. The summed E-state index contributed by atoms with van der Waals surface area (Å²) in [6.45, 7) is 15.4. The van der Waals surface area contributed by atoms with Crippen LogP contribution in [0.2, 0.25) is 0 Å². The fourth-order valence-electron chi connectivity index (χ4n) is 8.59. The molecule has 14 nitrogen and oxygen atoms in total. The number of aromatic nitrogens is 6. The molecule has 6 heterocycles. The third kappa shape index (κ3) is 11.4. The maximum Gasteiger partial charge on any atom is 0.256 e. The van der Waals surface area contributed by atoms with E-state index in [0.29, 0.717) is 36.1 Å². The third-order valence-corrected chi connectivity index (χ3v) is 12.1. The fraction of sp³-hybridized carbons (Fsp3) is 0.522. The number of carbonyl (C=O) groups is 2. The predicted octanol–water partition coefficient (Wildman–Crippen LogP) is 6.06. The van der Waals surface area contributed by atoms with Crippen LogP contribution in [0, 0.1) is 12.7 Å². The lowest BCUT2D eigenvalue weighted by Gasteiger charge is -2.41. The van der Waals surface area contributed by atoms with Gasteiger partial charge in [-0.05, 0) is 77.0 Å². The largest absolute Gasteiger partial charge is 0.386 e. The van der Waals surface area contributed by atoms with E-state index < -0.39 is 17.3 Å². The molecule has 5 aromatic rings. The Labute approximate surface area is 359 Å². The molecule has 8 rings (SSSR count). The van der Waals surface area contributed by atoms with Gasteiger partial charge in [0.1, 0.15) is 11.4 Å². The smallest absolute Gasteiger partial charge is 0.256 e. The zero-order valence-electron chi connectivity index (χ0n) is 36.5. The minimum absolute atomic E-state index is 0.172. The number of anilines is 1. The van der Waals surface area contributed by atoms with Gasteiger partial charge in [-0.2, -0.15) is 10.2 Å². The number of piperazine rings is 1. The van der Waals surface area contributed by atoms with Gasteiger partial charge in [0, 0.05) is 89.4 Å². The number of nitrogens with one attached hydrogen (secondary N) is 3. The van der Waals surface area contributed by atoms with Gasteiger partial charge in [0.15, 0.2) is 5.65 Å².